The highest BCUT2D eigenvalue weighted by Gasteiger charge is 2.16. The SMILES string of the molecule is CCCCC(CCOc1ccc(OC)cc1)C(=O)O.Cl. The molecule has 5 heteroatoms. The summed E-state index contributed by atoms with van der Waals surface area (Å²) in [5, 5.41) is 9.09. The number of carboxylic acids is 1. The molecular weight excluding hydrogens is 280 g/mol. The van der Waals surface area contributed by atoms with Gasteiger partial charge in [-0.25, -0.2) is 0 Å². The number of hydrogen-bond acceptors (Lipinski definition) is 3. The molecule has 0 aliphatic carbocycles. The van der Waals surface area contributed by atoms with E-state index in [0.717, 1.165) is 30.8 Å². The summed E-state index contributed by atoms with van der Waals surface area (Å²) in [5.74, 6) is 0.476. The largest absolute Gasteiger partial charge is 0.497 e. The van der Waals surface area contributed by atoms with Gasteiger partial charge in [-0.3, -0.25) is 4.79 Å². The number of halogens is 1. The summed E-state index contributed by atoms with van der Waals surface area (Å²) in [4.78, 5) is 11.1. The molecule has 0 bridgehead atoms. The smallest absolute Gasteiger partial charge is 0.306 e. The van der Waals surface area contributed by atoms with Crippen molar-refractivity contribution in [3.8, 4) is 11.5 Å². The molecule has 4 nitrogen and oxygen atoms in total. The highest BCUT2D eigenvalue weighted by molar-refractivity contribution is 5.85. The quantitative estimate of drug-likeness (QED) is 0.754. The predicted octanol–water partition coefficient (Wildman–Crippen LogP) is 3.78. The minimum atomic E-state index is -0.730. The molecule has 0 radical (unpaired) electrons. The zero-order valence-corrected chi connectivity index (χ0v) is 12.8. The number of carboxylic acid groups (broad SMARTS) is 1. The van der Waals surface area contributed by atoms with Gasteiger partial charge in [-0.1, -0.05) is 19.8 Å². The Morgan fingerprint density at radius 3 is 2.30 bits per heavy atom. The molecule has 1 rings (SSSR count). The van der Waals surface area contributed by atoms with E-state index in [9.17, 15) is 4.79 Å². The Bertz CT molecular complexity index is 378. The van der Waals surface area contributed by atoms with Crippen molar-refractivity contribution >= 4 is 18.4 Å². The number of ether oxygens (including phenoxy) is 2. The van der Waals surface area contributed by atoms with E-state index in [4.69, 9.17) is 14.6 Å². The Balaban J connectivity index is 0.00000361. The summed E-state index contributed by atoms with van der Waals surface area (Å²) >= 11 is 0. The van der Waals surface area contributed by atoms with Crippen LogP contribution in [0.2, 0.25) is 0 Å². The number of methoxy groups -OCH3 is 1. The van der Waals surface area contributed by atoms with Crippen molar-refractivity contribution in [3.05, 3.63) is 24.3 Å². The number of rotatable bonds is 9. The molecule has 0 amide bonds. The monoisotopic (exact) mass is 302 g/mol. The second kappa shape index (κ2) is 10.4. The van der Waals surface area contributed by atoms with Crippen LogP contribution < -0.4 is 9.47 Å². The first kappa shape index (κ1) is 18.6. The van der Waals surface area contributed by atoms with Gasteiger partial charge >= 0.3 is 5.97 Å². The van der Waals surface area contributed by atoms with Crippen LogP contribution in [0.1, 0.15) is 32.6 Å². The molecule has 0 aliphatic rings. The van der Waals surface area contributed by atoms with E-state index in [-0.39, 0.29) is 18.3 Å². The number of hydrogen-bond donors (Lipinski definition) is 1. The summed E-state index contributed by atoms with van der Waals surface area (Å²) in [6.45, 7) is 2.49. The van der Waals surface area contributed by atoms with Crippen molar-refractivity contribution in [2.24, 2.45) is 5.92 Å². The summed E-state index contributed by atoms with van der Waals surface area (Å²) < 4.78 is 10.6. The molecule has 0 saturated heterocycles. The van der Waals surface area contributed by atoms with E-state index in [1.807, 2.05) is 24.3 Å². The highest BCUT2D eigenvalue weighted by atomic mass is 35.5. The average Bonchev–Trinajstić information content (AvgIpc) is 2.43. The number of benzene rings is 1. The Morgan fingerprint density at radius 1 is 1.20 bits per heavy atom. The molecule has 0 spiro atoms. The maximum Gasteiger partial charge on any atom is 0.306 e. The standard InChI is InChI=1S/C15H22O4.ClH/c1-3-4-5-12(15(16)17)10-11-19-14-8-6-13(18-2)7-9-14;/h6-9,12H,3-5,10-11H2,1-2H3,(H,16,17);1H. The van der Waals surface area contributed by atoms with Crippen LogP contribution in [0.15, 0.2) is 24.3 Å². The molecule has 20 heavy (non-hydrogen) atoms. The van der Waals surface area contributed by atoms with Crippen LogP contribution in [0.4, 0.5) is 0 Å². The van der Waals surface area contributed by atoms with Crippen LogP contribution in [-0.4, -0.2) is 24.8 Å². The molecule has 0 heterocycles. The third-order valence-corrected chi connectivity index (χ3v) is 3.05. The van der Waals surface area contributed by atoms with E-state index in [1.54, 1.807) is 7.11 Å². The van der Waals surface area contributed by atoms with E-state index >= 15 is 0 Å². The van der Waals surface area contributed by atoms with Crippen LogP contribution in [0.25, 0.3) is 0 Å². The van der Waals surface area contributed by atoms with Crippen molar-refractivity contribution < 1.29 is 19.4 Å². The topological polar surface area (TPSA) is 55.8 Å². The van der Waals surface area contributed by atoms with E-state index < -0.39 is 5.97 Å². The van der Waals surface area contributed by atoms with Gasteiger partial charge < -0.3 is 14.6 Å². The Hall–Kier alpha value is -1.42. The third kappa shape index (κ3) is 6.66. The van der Waals surface area contributed by atoms with Crippen molar-refractivity contribution in [3.63, 3.8) is 0 Å². The molecule has 0 aliphatic heterocycles. The fraction of sp³-hybridized carbons (Fsp3) is 0.533. The molecular formula is C15H23ClO4. The van der Waals surface area contributed by atoms with Crippen LogP contribution in [0, 0.1) is 5.92 Å². The Kier molecular flexibility index (Phi) is 9.64. The Labute approximate surface area is 126 Å². The summed E-state index contributed by atoms with van der Waals surface area (Å²) in [6, 6.07) is 7.28. The van der Waals surface area contributed by atoms with Crippen LogP contribution in [0.3, 0.4) is 0 Å². The second-order valence-corrected chi connectivity index (χ2v) is 4.49. The van der Waals surface area contributed by atoms with Gasteiger partial charge in [0.25, 0.3) is 0 Å². The molecule has 0 fully saturated rings. The van der Waals surface area contributed by atoms with E-state index in [0.29, 0.717) is 13.0 Å². The first-order chi connectivity index (χ1) is 9.17. The molecule has 1 aromatic carbocycles. The summed E-state index contributed by atoms with van der Waals surface area (Å²) in [5.41, 5.74) is 0. The van der Waals surface area contributed by atoms with Gasteiger partial charge in [-0.15, -0.1) is 12.4 Å². The maximum atomic E-state index is 11.1. The second-order valence-electron chi connectivity index (χ2n) is 4.49. The maximum absolute atomic E-state index is 11.1. The number of unbranched alkanes of at least 4 members (excludes halogenated alkanes) is 1. The lowest BCUT2D eigenvalue weighted by atomic mass is 9.99. The highest BCUT2D eigenvalue weighted by Crippen LogP contribution is 2.18. The molecule has 1 aromatic rings. The minimum absolute atomic E-state index is 0. The van der Waals surface area contributed by atoms with Crippen molar-refractivity contribution in [2.45, 2.75) is 32.6 Å². The van der Waals surface area contributed by atoms with E-state index in [1.165, 1.54) is 0 Å². The van der Waals surface area contributed by atoms with Gasteiger partial charge in [0.05, 0.1) is 19.6 Å². The first-order valence-electron chi connectivity index (χ1n) is 6.67. The Morgan fingerprint density at radius 2 is 1.80 bits per heavy atom. The van der Waals surface area contributed by atoms with Crippen molar-refractivity contribution in [1.29, 1.82) is 0 Å². The molecule has 114 valence electrons. The van der Waals surface area contributed by atoms with Crippen molar-refractivity contribution in [2.75, 3.05) is 13.7 Å². The van der Waals surface area contributed by atoms with Gasteiger partial charge in [-0.05, 0) is 37.1 Å². The first-order valence-corrected chi connectivity index (χ1v) is 6.67. The van der Waals surface area contributed by atoms with Gasteiger partial charge in [0.15, 0.2) is 0 Å². The van der Waals surface area contributed by atoms with Gasteiger partial charge in [0, 0.05) is 0 Å². The minimum Gasteiger partial charge on any atom is -0.497 e. The zero-order valence-electron chi connectivity index (χ0n) is 12.0. The molecule has 1 atom stereocenters. The van der Waals surface area contributed by atoms with Gasteiger partial charge in [0.1, 0.15) is 11.5 Å². The van der Waals surface area contributed by atoms with Gasteiger partial charge in [0.2, 0.25) is 0 Å². The predicted molar refractivity (Wildman–Crippen MR) is 81.0 cm³/mol. The summed E-state index contributed by atoms with van der Waals surface area (Å²) in [6.07, 6.45) is 3.22. The van der Waals surface area contributed by atoms with Crippen LogP contribution in [0.5, 0.6) is 11.5 Å². The van der Waals surface area contributed by atoms with Crippen LogP contribution >= 0.6 is 12.4 Å². The van der Waals surface area contributed by atoms with Crippen molar-refractivity contribution in [1.82, 2.24) is 0 Å². The number of carbonyl (C=O) groups is 1. The lowest BCUT2D eigenvalue weighted by Crippen LogP contribution is -2.16. The fourth-order valence-electron chi connectivity index (χ4n) is 1.83. The third-order valence-electron chi connectivity index (χ3n) is 3.05. The van der Waals surface area contributed by atoms with Gasteiger partial charge in [-0.2, -0.15) is 0 Å². The summed E-state index contributed by atoms with van der Waals surface area (Å²) in [7, 11) is 1.61. The van der Waals surface area contributed by atoms with Crippen LogP contribution in [-0.2, 0) is 4.79 Å². The zero-order chi connectivity index (χ0) is 14.1. The molecule has 0 aromatic heterocycles. The average molecular weight is 303 g/mol. The molecule has 0 saturated carbocycles. The normalized spacial score (nSPS) is 11.3. The number of aliphatic carboxylic acids is 1. The molecule has 1 unspecified atom stereocenters. The fourth-order valence-corrected chi connectivity index (χ4v) is 1.83. The van der Waals surface area contributed by atoms with E-state index in [2.05, 4.69) is 6.92 Å². The lowest BCUT2D eigenvalue weighted by Gasteiger charge is -2.12. The lowest BCUT2D eigenvalue weighted by molar-refractivity contribution is -0.142. The molecule has 1 N–H and O–H groups in total.